The van der Waals surface area contributed by atoms with Crippen molar-refractivity contribution in [2.75, 3.05) is 13.2 Å². The molecule has 1 saturated heterocycles. The Morgan fingerprint density at radius 2 is 1.68 bits per heavy atom. The zero-order chi connectivity index (χ0) is 24.2. The van der Waals surface area contributed by atoms with Crippen LogP contribution in [0.1, 0.15) is 77.0 Å². The summed E-state index contributed by atoms with van der Waals surface area (Å²) in [7, 11) is 0. The van der Waals surface area contributed by atoms with Crippen molar-refractivity contribution in [3.05, 3.63) is 0 Å². The maximum atomic E-state index is 14.6. The van der Waals surface area contributed by atoms with E-state index in [0.717, 1.165) is 12.8 Å². The van der Waals surface area contributed by atoms with E-state index in [4.69, 9.17) is 16.3 Å². The van der Waals surface area contributed by atoms with E-state index in [1.807, 2.05) is 4.90 Å². The normalized spacial score (nSPS) is 41.3. The topological polar surface area (TPSA) is 58.6 Å². The molecule has 2 amide bonds. The molecule has 1 aliphatic heterocycles. The summed E-state index contributed by atoms with van der Waals surface area (Å²) < 4.78 is 47.8. The lowest BCUT2D eigenvalue weighted by atomic mass is 9.79. The summed E-state index contributed by atoms with van der Waals surface area (Å²) in [6.07, 6.45) is 3.15. The summed E-state index contributed by atoms with van der Waals surface area (Å²) in [6, 6.07) is -0.198. The van der Waals surface area contributed by atoms with E-state index >= 15 is 0 Å². The molecular weight excluding hydrogens is 469 g/mol. The largest absolute Gasteiger partial charge is 0.368 e. The molecule has 0 aromatic rings. The van der Waals surface area contributed by atoms with Gasteiger partial charge in [0, 0.05) is 36.9 Å². The molecule has 4 fully saturated rings. The number of carbonyl (C=O) groups is 2. The number of amides is 2. The van der Waals surface area contributed by atoms with Crippen LogP contribution in [-0.4, -0.2) is 71.9 Å². The fraction of sp³-hybridized carbons (Fsp3) is 0.920. The highest BCUT2D eigenvalue weighted by atomic mass is 35.5. The first kappa shape index (κ1) is 26.1. The lowest BCUT2D eigenvalue weighted by molar-refractivity contribution is -0.139. The van der Waals surface area contributed by atoms with Crippen molar-refractivity contribution >= 4 is 23.4 Å². The Hall–Kier alpha value is -1.02. The number of hydrogen-bond donors (Lipinski definition) is 1. The lowest BCUT2D eigenvalue weighted by Crippen LogP contribution is -2.49. The van der Waals surface area contributed by atoms with Crippen LogP contribution < -0.4 is 5.32 Å². The molecule has 4 rings (SSSR count). The van der Waals surface area contributed by atoms with Crippen LogP contribution in [0.2, 0.25) is 0 Å². The first-order valence-corrected chi connectivity index (χ1v) is 13.5. The van der Waals surface area contributed by atoms with Crippen LogP contribution in [0.5, 0.6) is 0 Å². The van der Waals surface area contributed by atoms with Gasteiger partial charge < -0.3 is 15.0 Å². The Kier molecular flexibility index (Phi) is 9.05. The molecule has 0 aromatic heterocycles. The van der Waals surface area contributed by atoms with Gasteiger partial charge in [0.15, 0.2) is 0 Å². The van der Waals surface area contributed by atoms with Crippen molar-refractivity contribution in [2.24, 2.45) is 11.8 Å². The predicted molar refractivity (Wildman–Crippen MR) is 124 cm³/mol. The summed E-state index contributed by atoms with van der Waals surface area (Å²) in [6.45, 7) is 0.531. The third-order valence-electron chi connectivity index (χ3n) is 8.36. The summed E-state index contributed by atoms with van der Waals surface area (Å²) >= 11 is 5.89. The number of alkyl halides is 4. The van der Waals surface area contributed by atoms with Crippen LogP contribution in [0.25, 0.3) is 0 Å². The molecule has 0 spiro atoms. The number of ether oxygens (including phenoxy) is 1. The summed E-state index contributed by atoms with van der Waals surface area (Å²) in [4.78, 5) is 27.4. The zero-order valence-electron chi connectivity index (χ0n) is 19.8. The second-order valence-electron chi connectivity index (χ2n) is 10.7. The molecule has 5 nitrogen and oxygen atoms in total. The van der Waals surface area contributed by atoms with Gasteiger partial charge in [0.05, 0.1) is 11.5 Å². The Morgan fingerprint density at radius 1 is 0.912 bits per heavy atom. The summed E-state index contributed by atoms with van der Waals surface area (Å²) in [5, 5.41) is 2.51. The second-order valence-corrected chi connectivity index (χ2v) is 11.3. The van der Waals surface area contributed by atoms with Gasteiger partial charge in [0.1, 0.15) is 25.1 Å². The molecule has 34 heavy (non-hydrogen) atoms. The van der Waals surface area contributed by atoms with Gasteiger partial charge in [-0.25, -0.2) is 13.2 Å². The summed E-state index contributed by atoms with van der Waals surface area (Å²) in [5.41, 5.74) is 0. The molecule has 0 radical (unpaired) electrons. The van der Waals surface area contributed by atoms with Crippen LogP contribution >= 0.6 is 11.6 Å². The molecule has 7 atom stereocenters. The van der Waals surface area contributed by atoms with Gasteiger partial charge in [-0.3, -0.25) is 9.59 Å². The van der Waals surface area contributed by atoms with E-state index in [9.17, 15) is 22.8 Å². The monoisotopic (exact) mass is 506 g/mol. The molecule has 0 bridgehead atoms. The van der Waals surface area contributed by atoms with Crippen molar-refractivity contribution in [3.8, 4) is 0 Å². The number of likely N-dealkylation sites (tertiary alicyclic amines) is 1. The van der Waals surface area contributed by atoms with E-state index in [0.29, 0.717) is 45.1 Å². The van der Waals surface area contributed by atoms with Crippen molar-refractivity contribution < 1.29 is 27.5 Å². The lowest BCUT2D eigenvalue weighted by Gasteiger charge is -2.39. The van der Waals surface area contributed by atoms with E-state index < -0.39 is 29.8 Å². The Balaban J connectivity index is 1.19. The predicted octanol–water partition coefficient (Wildman–Crippen LogP) is 4.64. The van der Waals surface area contributed by atoms with Crippen LogP contribution in [0.15, 0.2) is 0 Å². The number of rotatable bonds is 6. The van der Waals surface area contributed by atoms with Gasteiger partial charge in [0.25, 0.3) is 0 Å². The standard InChI is InChI=1S/C25H38ClF3N2O3/c26-20-9-8-18(13-22(20)29)34-14-24(32)30-17-6-3-15(4-7-17)25(33)31-11-1-2-23(31)19-12-16(27)5-10-21(19)28/h15-23H,1-14H2,(H,30,32)/t15?,16?,17?,18?,19?,20?,21?,22?,23-/m0/s1. The van der Waals surface area contributed by atoms with E-state index in [1.54, 1.807) is 0 Å². The van der Waals surface area contributed by atoms with E-state index in [-0.39, 0.29) is 68.2 Å². The highest BCUT2D eigenvalue weighted by molar-refractivity contribution is 6.21. The first-order chi connectivity index (χ1) is 16.3. The van der Waals surface area contributed by atoms with Gasteiger partial charge in [-0.05, 0) is 70.6 Å². The minimum absolute atomic E-state index is 0.0112. The zero-order valence-corrected chi connectivity index (χ0v) is 20.5. The Bertz CT molecular complexity index is 709. The number of halogens is 4. The highest BCUT2D eigenvalue weighted by Gasteiger charge is 2.43. The smallest absolute Gasteiger partial charge is 0.246 e. The summed E-state index contributed by atoms with van der Waals surface area (Å²) in [5.74, 6) is -0.664. The quantitative estimate of drug-likeness (QED) is 0.534. The fourth-order valence-electron chi connectivity index (χ4n) is 6.40. The van der Waals surface area contributed by atoms with Crippen molar-refractivity contribution in [3.63, 3.8) is 0 Å². The Morgan fingerprint density at radius 3 is 2.41 bits per heavy atom. The maximum absolute atomic E-state index is 14.6. The molecule has 1 heterocycles. The SMILES string of the molecule is O=C(COC1CCC(Cl)C(F)C1)NC1CCC(C(=O)N2CCC[C@H]2C2CC(F)CCC2F)CC1. The molecule has 6 unspecified atom stereocenters. The average Bonchev–Trinajstić information content (AvgIpc) is 3.31. The molecule has 194 valence electrons. The minimum Gasteiger partial charge on any atom is -0.368 e. The molecule has 3 aliphatic carbocycles. The van der Waals surface area contributed by atoms with Gasteiger partial charge in [-0.2, -0.15) is 0 Å². The first-order valence-electron chi connectivity index (χ1n) is 13.1. The minimum atomic E-state index is -1.10. The van der Waals surface area contributed by atoms with Crippen LogP contribution in [-0.2, 0) is 14.3 Å². The highest BCUT2D eigenvalue weighted by Crippen LogP contribution is 2.39. The second kappa shape index (κ2) is 11.8. The van der Waals surface area contributed by atoms with Crippen molar-refractivity contribution in [2.45, 2.75) is 119 Å². The maximum Gasteiger partial charge on any atom is 0.246 e. The van der Waals surface area contributed by atoms with Gasteiger partial charge >= 0.3 is 0 Å². The molecule has 1 N–H and O–H groups in total. The fourth-order valence-corrected chi connectivity index (χ4v) is 6.63. The van der Waals surface area contributed by atoms with Crippen LogP contribution in [0.4, 0.5) is 13.2 Å². The number of carbonyl (C=O) groups excluding carboxylic acids is 2. The number of hydrogen-bond acceptors (Lipinski definition) is 3. The molecule has 3 saturated carbocycles. The van der Waals surface area contributed by atoms with Crippen molar-refractivity contribution in [1.82, 2.24) is 10.2 Å². The third-order valence-corrected chi connectivity index (χ3v) is 8.85. The number of nitrogens with one attached hydrogen (secondary N) is 1. The van der Waals surface area contributed by atoms with Gasteiger partial charge in [0.2, 0.25) is 11.8 Å². The molecule has 9 heteroatoms. The van der Waals surface area contributed by atoms with E-state index in [1.165, 1.54) is 0 Å². The van der Waals surface area contributed by atoms with Gasteiger partial charge in [-0.1, -0.05) is 0 Å². The average molecular weight is 507 g/mol. The molecule has 0 aromatic carbocycles. The van der Waals surface area contributed by atoms with Crippen molar-refractivity contribution in [1.29, 1.82) is 0 Å². The van der Waals surface area contributed by atoms with Crippen LogP contribution in [0.3, 0.4) is 0 Å². The van der Waals surface area contributed by atoms with Crippen LogP contribution in [0, 0.1) is 11.8 Å². The molecular formula is C25H38ClF3N2O3. The van der Waals surface area contributed by atoms with Gasteiger partial charge in [-0.15, -0.1) is 11.6 Å². The third kappa shape index (κ3) is 6.40. The molecule has 4 aliphatic rings. The number of nitrogens with zero attached hydrogens (tertiary/aromatic N) is 1. The van der Waals surface area contributed by atoms with E-state index in [2.05, 4.69) is 5.32 Å². The Labute approximate surface area is 205 Å².